The highest BCUT2D eigenvalue weighted by atomic mass is 28.5. The van der Waals surface area contributed by atoms with Crippen molar-refractivity contribution in [1.82, 2.24) is 0 Å². The van der Waals surface area contributed by atoms with E-state index in [1.807, 2.05) is 6.92 Å². The van der Waals surface area contributed by atoms with Crippen molar-refractivity contribution in [3.8, 4) is 0 Å². The highest BCUT2D eigenvalue weighted by Gasteiger charge is 2.44. The molecule has 4 nitrogen and oxygen atoms in total. The molecule has 2 atom stereocenters. The molecule has 0 heterocycles. The zero-order valence-electron chi connectivity index (χ0n) is 17.8. The first-order chi connectivity index (χ1) is 10.5. The predicted octanol–water partition coefficient (Wildman–Crippen LogP) is 5.44. The number of hydrogen-bond donors (Lipinski definition) is 1. The van der Waals surface area contributed by atoms with Crippen molar-refractivity contribution >= 4 is 33.8 Å². The molecule has 0 aromatic rings. The van der Waals surface area contributed by atoms with Gasteiger partial charge >= 0.3 is 17.1 Å². The molecule has 0 spiro atoms. The van der Waals surface area contributed by atoms with Crippen LogP contribution in [0.4, 0.5) is 0 Å². The van der Waals surface area contributed by atoms with E-state index in [0.29, 0.717) is 0 Å². The molecular formula is C16H42O4Si4. The highest BCUT2D eigenvalue weighted by Crippen LogP contribution is 2.28. The van der Waals surface area contributed by atoms with Gasteiger partial charge in [0.25, 0.3) is 0 Å². The molecule has 0 fully saturated rings. The van der Waals surface area contributed by atoms with Gasteiger partial charge in [-0.2, -0.15) is 0 Å². The Morgan fingerprint density at radius 1 is 0.792 bits per heavy atom. The molecule has 0 aliphatic heterocycles. The normalized spacial score (nSPS) is 16.8. The minimum absolute atomic E-state index is 0.256. The topological polar surface area (TPSA) is 47.9 Å². The Labute approximate surface area is 155 Å². The fourth-order valence-electron chi connectivity index (χ4n) is 2.77. The molecule has 2 unspecified atom stereocenters. The van der Waals surface area contributed by atoms with Crippen LogP contribution in [0.2, 0.25) is 65.0 Å². The molecule has 0 aliphatic carbocycles. The highest BCUT2D eigenvalue weighted by molar-refractivity contribution is 6.89. The minimum atomic E-state index is -2.28. The smallest absolute Gasteiger partial charge is 0.315 e. The monoisotopic (exact) mass is 410 g/mol. The Balaban J connectivity index is 0. The van der Waals surface area contributed by atoms with Gasteiger partial charge in [0.2, 0.25) is 0 Å². The lowest BCUT2D eigenvalue weighted by Gasteiger charge is -2.41. The number of hydrogen-bond acceptors (Lipinski definition) is 4. The predicted molar refractivity (Wildman–Crippen MR) is 116 cm³/mol. The number of rotatable bonds is 10. The van der Waals surface area contributed by atoms with Crippen molar-refractivity contribution in [2.45, 2.75) is 90.8 Å². The lowest BCUT2D eigenvalue weighted by Crippen LogP contribution is -2.56. The molecule has 0 saturated heterocycles. The molecule has 0 amide bonds. The fourth-order valence-corrected chi connectivity index (χ4v) is 20.8. The Morgan fingerprint density at radius 3 is 1.54 bits per heavy atom. The van der Waals surface area contributed by atoms with Gasteiger partial charge in [0.15, 0.2) is 16.6 Å². The van der Waals surface area contributed by atoms with Gasteiger partial charge in [0.05, 0.1) is 6.10 Å². The largest absolute Gasteiger partial charge is 0.437 e. The molecule has 0 rings (SSSR count). The summed E-state index contributed by atoms with van der Waals surface area (Å²) in [4.78, 5) is 0. The van der Waals surface area contributed by atoms with Gasteiger partial charge in [0, 0.05) is 0 Å². The molecule has 24 heavy (non-hydrogen) atoms. The Bertz CT molecular complexity index is 351. The third-order valence-electron chi connectivity index (χ3n) is 2.79. The van der Waals surface area contributed by atoms with Crippen LogP contribution in [0.3, 0.4) is 0 Å². The van der Waals surface area contributed by atoms with Gasteiger partial charge in [-0.25, -0.2) is 0 Å². The summed E-state index contributed by atoms with van der Waals surface area (Å²) in [5, 5.41) is 9.50. The molecule has 0 bridgehead atoms. The summed E-state index contributed by atoms with van der Waals surface area (Å²) < 4.78 is 19.4. The van der Waals surface area contributed by atoms with Crippen molar-refractivity contribution in [1.29, 1.82) is 0 Å². The lowest BCUT2D eigenvalue weighted by molar-refractivity contribution is 0.182. The molecule has 8 heteroatoms. The van der Waals surface area contributed by atoms with Crippen LogP contribution in [0.5, 0.6) is 0 Å². The standard InChI is InChI=1S/C14H38O4Si4.C2H4/c1-14(15)12-11-13-22(10,17-20(5,6)7)18-21(8,9)16-19(2,3)4;1-2/h14-15H,11-13H2,1-10H3;1-2H2. The quantitative estimate of drug-likeness (QED) is 0.384. The van der Waals surface area contributed by atoms with Crippen molar-refractivity contribution in [3.63, 3.8) is 0 Å². The SMILES string of the molecule is C=C.CC(O)CCC[Si](C)(O[Si](C)(C)C)O[Si](C)(C)O[Si](C)(C)C. The van der Waals surface area contributed by atoms with Gasteiger partial charge in [-0.05, 0) is 84.7 Å². The van der Waals surface area contributed by atoms with Gasteiger partial charge in [-0.1, -0.05) is 0 Å². The first-order valence-electron chi connectivity index (χ1n) is 8.82. The summed E-state index contributed by atoms with van der Waals surface area (Å²) in [5.41, 5.74) is 0. The van der Waals surface area contributed by atoms with E-state index < -0.39 is 33.8 Å². The second-order valence-electron chi connectivity index (χ2n) is 8.81. The molecule has 1 N–H and O–H groups in total. The number of aliphatic hydroxyl groups excluding tert-OH is 1. The lowest BCUT2D eigenvalue weighted by atomic mass is 10.2. The molecular weight excluding hydrogens is 369 g/mol. The fraction of sp³-hybridized carbons (Fsp3) is 0.875. The molecule has 146 valence electrons. The summed E-state index contributed by atoms with van der Waals surface area (Å²) >= 11 is 0. The van der Waals surface area contributed by atoms with Crippen molar-refractivity contribution in [2.24, 2.45) is 0 Å². The zero-order chi connectivity index (χ0) is 19.8. The minimum Gasteiger partial charge on any atom is -0.437 e. The van der Waals surface area contributed by atoms with Gasteiger partial charge in [0.1, 0.15) is 0 Å². The number of aliphatic hydroxyl groups is 1. The van der Waals surface area contributed by atoms with Gasteiger partial charge in [-0.15, -0.1) is 13.2 Å². The average molecular weight is 411 g/mol. The molecule has 0 saturated carbocycles. The average Bonchev–Trinajstić information content (AvgIpc) is 2.23. The summed E-state index contributed by atoms with van der Waals surface area (Å²) in [6.07, 6.45) is 1.49. The molecule has 0 radical (unpaired) electrons. The van der Waals surface area contributed by atoms with Crippen molar-refractivity contribution < 1.29 is 17.5 Å². The van der Waals surface area contributed by atoms with E-state index in [1.54, 1.807) is 0 Å². The molecule has 0 aromatic heterocycles. The maximum Gasteiger partial charge on any atom is 0.315 e. The summed E-state index contributed by atoms with van der Waals surface area (Å²) in [5.74, 6) is 0. The first-order valence-corrected chi connectivity index (χ1v) is 21.0. The van der Waals surface area contributed by atoms with Crippen molar-refractivity contribution in [3.05, 3.63) is 13.2 Å². The maximum absolute atomic E-state index is 9.50. The molecule has 0 aliphatic rings. The summed E-state index contributed by atoms with van der Waals surface area (Å²) in [6.45, 7) is 27.5. The molecule has 0 aromatic carbocycles. The third kappa shape index (κ3) is 15.9. The van der Waals surface area contributed by atoms with E-state index in [9.17, 15) is 5.11 Å². The van der Waals surface area contributed by atoms with Crippen LogP contribution >= 0.6 is 0 Å². The zero-order valence-corrected chi connectivity index (χ0v) is 21.8. The van der Waals surface area contributed by atoms with Crippen molar-refractivity contribution in [2.75, 3.05) is 0 Å². The third-order valence-corrected chi connectivity index (χ3v) is 16.3. The van der Waals surface area contributed by atoms with E-state index in [1.165, 1.54) is 0 Å². The van der Waals surface area contributed by atoms with Crippen LogP contribution in [0.1, 0.15) is 19.8 Å². The van der Waals surface area contributed by atoms with E-state index >= 15 is 0 Å². The second-order valence-corrected chi connectivity index (χ2v) is 25.3. The van der Waals surface area contributed by atoms with Crippen LogP contribution in [-0.4, -0.2) is 45.0 Å². The van der Waals surface area contributed by atoms with Crippen LogP contribution in [0, 0.1) is 0 Å². The van der Waals surface area contributed by atoms with E-state index in [2.05, 4.69) is 72.1 Å². The summed E-state index contributed by atoms with van der Waals surface area (Å²) in [7, 11) is -7.77. The Kier molecular flexibility index (Phi) is 11.7. The van der Waals surface area contributed by atoms with Gasteiger partial charge in [-0.3, -0.25) is 0 Å². The second kappa shape index (κ2) is 10.6. The first kappa shape index (κ1) is 26.7. The Hall–Kier alpha value is 0.448. The Morgan fingerprint density at radius 2 is 1.21 bits per heavy atom. The van der Waals surface area contributed by atoms with Crippen LogP contribution in [0.25, 0.3) is 0 Å². The van der Waals surface area contributed by atoms with E-state index in [-0.39, 0.29) is 6.10 Å². The van der Waals surface area contributed by atoms with E-state index in [4.69, 9.17) is 12.3 Å². The maximum atomic E-state index is 9.50. The van der Waals surface area contributed by atoms with Gasteiger partial charge < -0.3 is 17.5 Å². The van der Waals surface area contributed by atoms with Crippen LogP contribution < -0.4 is 0 Å². The van der Waals surface area contributed by atoms with Crippen LogP contribution in [-0.2, 0) is 12.3 Å². The van der Waals surface area contributed by atoms with E-state index in [0.717, 1.165) is 18.9 Å². The summed E-state index contributed by atoms with van der Waals surface area (Å²) in [6, 6.07) is 0.924. The van der Waals surface area contributed by atoms with Crippen LogP contribution in [0.15, 0.2) is 13.2 Å².